The summed E-state index contributed by atoms with van der Waals surface area (Å²) in [4.78, 5) is 37.0. The fraction of sp³-hybridized carbons (Fsp3) is 0.136. The zero-order chi connectivity index (χ0) is 22.4. The minimum Gasteiger partial charge on any atom is -0.350 e. The van der Waals surface area contributed by atoms with Gasteiger partial charge in [0.2, 0.25) is 0 Å². The first-order valence-electron chi connectivity index (χ1n) is 9.33. The first-order chi connectivity index (χ1) is 14.8. The molecule has 0 saturated heterocycles. The summed E-state index contributed by atoms with van der Waals surface area (Å²) >= 11 is 1.08. The third kappa shape index (κ3) is 5.73. The molecule has 0 radical (unpaired) electrons. The van der Waals surface area contributed by atoms with Crippen molar-refractivity contribution in [3.63, 3.8) is 0 Å². The highest BCUT2D eigenvalue weighted by atomic mass is 32.1. The summed E-state index contributed by atoms with van der Waals surface area (Å²) in [7, 11) is 0. The molecule has 3 amide bonds. The van der Waals surface area contributed by atoms with Crippen molar-refractivity contribution in [3.05, 3.63) is 87.8 Å². The number of thiophene rings is 1. The van der Waals surface area contributed by atoms with Gasteiger partial charge in [-0.15, -0.1) is 11.3 Å². The molecule has 160 valence electrons. The van der Waals surface area contributed by atoms with Crippen LogP contribution in [0.4, 0.5) is 13.8 Å². The van der Waals surface area contributed by atoms with Crippen molar-refractivity contribution >= 4 is 34.1 Å². The Labute approximate surface area is 181 Å². The van der Waals surface area contributed by atoms with E-state index in [-0.39, 0.29) is 30.1 Å². The zero-order valence-electron chi connectivity index (χ0n) is 16.5. The molecule has 9 heteroatoms. The van der Waals surface area contributed by atoms with Crippen molar-refractivity contribution in [1.82, 2.24) is 10.6 Å². The highest BCUT2D eigenvalue weighted by Gasteiger charge is 2.16. The number of rotatable bonds is 7. The third-order valence-electron chi connectivity index (χ3n) is 4.26. The Morgan fingerprint density at radius 2 is 1.58 bits per heavy atom. The van der Waals surface area contributed by atoms with Gasteiger partial charge in [0.05, 0.1) is 15.4 Å². The van der Waals surface area contributed by atoms with Crippen LogP contribution in [0.5, 0.6) is 0 Å². The van der Waals surface area contributed by atoms with E-state index in [1.165, 1.54) is 36.4 Å². The molecule has 0 aliphatic heterocycles. The van der Waals surface area contributed by atoms with E-state index in [2.05, 4.69) is 16.0 Å². The molecule has 3 rings (SSSR count). The number of nitrogens with one attached hydrogen (secondary N) is 3. The summed E-state index contributed by atoms with van der Waals surface area (Å²) in [5.74, 6) is -2.55. The van der Waals surface area contributed by atoms with Gasteiger partial charge in [-0.25, -0.2) is 8.78 Å². The number of halogens is 2. The van der Waals surface area contributed by atoms with Crippen molar-refractivity contribution in [2.24, 2.45) is 0 Å². The smallest absolute Gasteiger partial charge is 0.261 e. The van der Waals surface area contributed by atoms with Gasteiger partial charge in [0, 0.05) is 18.7 Å². The van der Waals surface area contributed by atoms with Crippen molar-refractivity contribution in [2.45, 2.75) is 6.92 Å². The molecule has 0 bridgehead atoms. The van der Waals surface area contributed by atoms with Gasteiger partial charge in [-0.1, -0.05) is 18.2 Å². The number of hydrogen-bond donors (Lipinski definition) is 3. The molecule has 1 heterocycles. The second-order valence-electron chi connectivity index (χ2n) is 6.58. The van der Waals surface area contributed by atoms with E-state index in [4.69, 9.17) is 0 Å². The second kappa shape index (κ2) is 9.94. The Hall–Kier alpha value is -3.59. The Bertz CT molecular complexity index is 1130. The SMILES string of the molecule is Cc1cc(NC(=O)c2cccc(F)c2)sc1C(=O)NCCNC(=O)c1ccccc1F. The summed E-state index contributed by atoms with van der Waals surface area (Å²) in [5, 5.41) is 8.30. The molecule has 6 nitrogen and oxygen atoms in total. The largest absolute Gasteiger partial charge is 0.350 e. The van der Waals surface area contributed by atoms with Crippen molar-refractivity contribution in [3.8, 4) is 0 Å². The Morgan fingerprint density at radius 1 is 0.871 bits per heavy atom. The van der Waals surface area contributed by atoms with Crippen molar-refractivity contribution in [1.29, 1.82) is 0 Å². The summed E-state index contributed by atoms with van der Waals surface area (Å²) < 4.78 is 26.9. The van der Waals surface area contributed by atoms with Crippen LogP contribution < -0.4 is 16.0 Å². The number of amides is 3. The van der Waals surface area contributed by atoms with Crippen LogP contribution in [0.1, 0.15) is 36.0 Å². The number of carbonyl (C=O) groups is 3. The number of benzene rings is 2. The Morgan fingerprint density at radius 3 is 2.29 bits per heavy atom. The summed E-state index contributed by atoms with van der Waals surface area (Å²) in [6.45, 7) is 1.98. The second-order valence-corrected chi connectivity index (χ2v) is 7.63. The van der Waals surface area contributed by atoms with Crippen LogP contribution in [0.15, 0.2) is 54.6 Å². The van der Waals surface area contributed by atoms with E-state index in [0.29, 0.717) is 15.4 Å². The van der Waals surface area contributed by atoms with E-state index in [0.717, 1.165) is 17.4 Å². The summed E-state index contributed by atoms with van der Waals surface area (Å²) in [6, 6.07) is 12.6. The molecule has 0 atom stereocenters. The van der Waals surface area contributed by atoms with E-state index < -0.39 is 23.4 Å². The number of hydrogen-bond acceptors (Lipinski definition) is 4. The molecule has 2 aromatic carbocycles. The lowest BCUT2D eigenvalue weighted by molar-refractivity contribution is 0.0927. The molecule has 3 aromatic rings. The van der Waals surface area contributed by atoms with Crippen molar-refractivity contribution in [2.75, 3.05) is 18.4 Å². The Balaban J connectivity index is 1.52. The highest BCUT2D eigenvalue weighted by Crippen LogP contribution is 2.27. The molecule has 0 unspecified atom stereocenters. The average molecular weight is 443 g/mol. The maximum absolute atomic E-state index is 13.6. The molecule has 0 aliphatic carbocycles. The molecule has 31 heavy (non-hydrogen) atoms. The lowest BCUT2D eigenvalue weighted by Gasteiger charge is -2.07. The van der Waals surface area contributed by atoms with Gasteiger partial charge in [-0.05, 0) is 48.9 Å². The standard InChI is InChI=1S/C22H19F2N3O3S/c1-13-11-18(27-20(28)14-5-4-6-15(23)12-14)31-19(13)22(30)26-10-9-25-21(29)16-7-2-3-8-17(16)24/h2-8,11-12H,9-10H2,1H3,(H,25,29)(H,26,30)(H,27,28). The maximum atomic E-state index is 13.6. The topological polar surface area (TPSA) is 87.3 Å². The molecule has 1 aromatic heterocycles. The fourth-order valence-electron chi connectivity index (χ4n) is 2.76. The van der Waals surface area contributed by atoms with Crippen LogP contribution in [0.25, 0.3) is 0 Å². The summed E-state index contributed by atoms with van der Waals surface area (Å²) in [5.41, 5.74) is 0.761. The highest BCUT2D eigenvalue weighted by molar-refractivity contribution is 7.18. The van der Waals surface area contributed by atoms with Crippen LogP contribution in [0.2, 0.25) is 0 Å². The minimum atomic E-state index is -0.619. The normalized spacial score (nSPS) is 10.4. The van der Waals surface area contributed by atoms with Gasteiger partial charge in [0.1, 0.15) is 11.6 Å². The quantitative estimate of drug-likeness (QED) is 0.486. The molecule has 0 saturated carbocycles. The monoisotopic (exact) mass is 443 g/mol. The predicted molar refractivity (Wildman–Crippen MR) is 114 cm³/mol. The molecule has 0 aliphatic rings. The first-order valence-corrected chi connectivity index (χ1v) is 10.1. The number of carbonyl (C=O) groups excluding carboxylic acids is 3. The summed E-state index contributed by atoms with van der Waals surface area (Å²) in [6.07, 6.45) is 0. The Kier molecular flexibility index (Phi) is 7.09. The van der Waals surface area contributed by atoms with Gasteiger partial charge in [-0.2, -0.15) is 0 Å². The predicted octanol–water partition coefficient (Wildman–Crippen LogP) is 3.75. The molecular formula is C22H19F2N3O3S. The lowest BCUT2D eigenvalue weighted by Crippen LogP contribution is -2.34. The zero-order valence-corrected chi connectivity index (χ0v) is 17.3. The van der Waals surface area contributed by atoms with Crippen LogP contribution in [0.3, 0.4) is 0 Å². The molecule has 3 N–H and O–H groups in total. The minimum absolute atomic E-state index is 0.0680. The van der Waals surface area contributed by atoms with E-state index in [1.54, 1.807) is 19.1 Å². The van der Waals surface area contributed by atoms with Gasteiger partial charge >= 0.3 is 0 Å². The first kappa shape index (κ1) is 22.1. The van der Waals surface area contributed by atoms with Gasteiger partial charge in [0.15, 0.2) is 0 Å². The van der Waals surface area contributed by atoms with Crippen molar-refractivity contribution < 1.29 is 23.2 Å². The third-order valence-corrected chi connectivity index (χ3v) is 5.41. The van der Waals surface area contributed by atoms with E-state index in [1.807, 2.05) is 0 Å². The number of aryl methyl sites for hydroxylation is 1. The van der Waals surface area contributed by atoms with Crippen LogP contribution in [-0.4, -0.2) is 30.8 Å². The van der Waals surface area contributed by atoms with Crippen LogP contribution in [0, 0.1) is 18.6 Å². The van der Waals surface area contributed by atoms with Gasteiger partial charge in [0.25, 0.3) is 17.7 Å². The number of anilines is 1. The molecule has 0 fully saturated rings. The van der Waals surface area contributed by atoms with E-state index >= 15 is 0 Å². The van der Waals surface area contributed by atoms with Gasteiger partial charge < -0.3 is 16.0 Å². The lowest BCUT2D eigenvalue weighted by atomic mass is 10.2. The van der Waals surface area contributed by atoms with Crippen LogP contribution in [-0.2, 0) is 0 Å². The van der Waals surface area contributed by atoms with Gasteiger partial charge in [-0.3, -0.25) is 14.4 Å². The molecular weight excluding hydrogens is 424 g/mol. The fourth-order valence-corrected chi connectivity index (χ4v) is 3.74. The van der Waals surface area contributed by atoms with E-state index in [9.17, 15) is 23.2 Å². The molecule has 0 spiro atoms. The maximum Gasteiger partial charge on any atom is 0.261 e. The van der Waals surface area contributed by atoms with Crippen LogP contribution >= 0.6 is 11.3 Å². The average Bonchev–Trinajstić information content (AvgIpc) is 3.11.